The highest BCUT2D eigenvalue weighted by Gasteiger charge is 2.14. The molecule has 0 aliphatic carbocycles. The molecule has 8 heteroatoms. The van der Waals surface area contributed by atoms with Crippen molar-refractivity contribution in [2.24, 2.45) is 0 Å². The zero-order valence-electron chi connectivity index (χ0n) is 9.49. The zero-order chi connectivity index (χ0) is 12.6. The number of nitrogens with one attached hydrogen (secondary N) is 1. The minimum atomic E-state index is 0.100. The molecule has 0 fully saturated rings. The van der Waals surface area contributed by atoms with Crippen molar-refractivity contribution in [3.63, 3.8) is 0 Å². The number of hydrogen-bond donors (Lipinski definition) is 1. The summed E-state index contributed by atoms with van der Waals surface area (Å²) < 4.78 is 1.53. The van der Waals surface area contributed by atoms with Gasteiger partial charge in [0.05, 0.1) is 16.4 Å². The number of hydrogen-bond acceptors (Lipinski definition) is 5. The summed E-state index contributed by atoms with van der Waals surface area (Å²) in [5.74, 6) is 0.713. The van der Waals surface area contributed by atoms with Gasteiger partial charge in [0.25, 0.3) is 5.95 Å². The fourth-order valence-electron chi connectivity index (χ4n) is 1.36. The average Bonchev–Trinajstić information content (AvgIpc) is 2.56. The van der Waals surface area contributed by atoms with Crippen LogP contribution in [0.25, 0.3) is 5.95 Å². The Morgan fingerprint density at radius 2 is 1.82 bits per heavy atom. The van der Waals surface area contributed by atoms with Gasteiger partial charge in [0.2, 0.25) is 11.2 Å². The molecule has 0 saturated heterocycles. The third kappa shape index (κ3) is 2.18. The number of aryl methyl sites for hydroxylation is 1. The van der Waals surface area contributed by atoms with Crippen molar-refractivity contribution in [2.45, 2.75) is 13.8 Å². The number of anilines is 1. The second kappa shape index (κ2) is 4.46. The van der Waals surface area contributed by atoms with Crippen molar-refractivity contribution in [1.82, 2.24) is 24.7 Å². The van der Waals surface area contributed by atoms with Crippen LogP contribution in [-0.4, -0.2) is 31.8 Å². The molecule has 2 heterocycles. The van der Waals surface area contributed by atoms with Crippen LogP contribution in [0.1, 0.15) is 11.4 Å². The Balaban J connectivity index is 2.59. The van der Waals surface area contributed by atoms with Gasteiger partial charge in [-0.2, -0.15) is 20.1 Å². The van der Waals surface area contributed by atoms with E-state index in [2.05, 4.69) is 25.4 Å². The lowest BCUT2D eigenvalue weighted by atomic mass is 10.4. The summed E-state index contributed by atoms with van der Waals surface area (Å²) in [7, 11) is 1.70. The predicted molar refractivity (Wildman–Crippen MR) is 66.0 cm³/mol. The maximum atomic E-state index is 6.06. The summed E-state index contributed by atoms with van der Waals surface area (Å²) >= 11 is 11.9. The molecule has 0 aromatic carbocycles. The monoisotopic (exact) mass is 272 g/mol. The highest BCUT2D eigenvalue weighted by molar-refractivity contribution is 6.31. The van der Waals surface area contributed by atoms with Crippen molar-refractivity contribution in [3.8, 4) is 5.95 Å². The summed E-state index contributed by atoms with van der Waals surface area (Å²) in [6, 6.07) is 0. The van der Waals surface area contributed by atoms with Crippen molar-refractivity contribution >= 4 is 29.2 Å². The molecular formula is C9H10Cl2N6. The van der Waals surface area contributed by atoms with E-state index in [1.54, 1.807) is 7.05 Å². The third-order valence-corrected chi connectivity index (χ3v) is 2.93. The second-order valence-corrected chi connectivity index (χ2v) is 4.09. The van der Waals surface area contributed by atoms with Crippen LogP contribution in [0.5, 0.6) is 0 Å². The van der Waals surface area contributed by atoms with Gasteiger partial charge < -0.3 is 5.32 Å². The van der Waals surface area contributed by atoms with E-state index in [-0.39, 0.29) is 5.28 Å². The molecule has 0 radical (unpaired) electrons. The second-order valence-electron chi connectivity index (χ2n) is 3.37. The first-order valence-corrected chi connectivity index (χ1v) is 5.60. The van der Waals surface area contributed by atoms with Gasteiger partial charge in [-0.3, -0.25) is 0 Å². The van der Waals surface area contributed by atoms with E-state index in [9.17, 15) is 0 Å². The van der Waals surface area contributed by atoms with Crippen molar-refractivity contribution < 1.29 is 0 Å². The molecule has 1 N–H and O–H groups in total. The molecule has 6 nitrogen and oxygen atoms in total. The molecule has 2 rings (SSSR count). The largest absolute Gasteiger partial charge is 0.357 e. The van der Waals surface area contributed by atoms with Crippen LogP contribution < -0.4 is 5.32 Å². The van der Waals surface area contributed by atoms with Crippen LogP contribution in [0.15, 0.2) is 0 Å². The Hall–Kier alpha value is -1.40. The lowest BCUT2D eigenvalue weighted by Gasteiger charge is -2.04. The molecule has 2 aromatic rings. The Bertz CT molecular complexity index is 565. The van der Waals surface area contributed by atoms with E-state index in [0.29, 0.717) is 22.6 Å². The van der Waals surface area contributed by atoms with E-state index in [0.717, 1.165) is 5.69 Å². The van der Waals surface area contributed by atoms with E-state index >= 15 is 0 Å². The summed E-state index contributed by atoms with van der Waals surface area (Å²) in [6.07, 6.45) is 0. The summed E-state index contributed by atoms with van der Waals surface area (Å²) in [5, 5.41) is 7.73. The third-order valence-electron chi connectivity index (χ3n) is 2.21. The van der Waals surface area contributed by atoms with Gasteiger partial charge in [0.1, 0.15) is 0 Å². The molecule has 0 unspecified atom stereocenters. The first-order chi connectivity index (χ1) is 8.02. The molecule has 0 saturated carbocycles. The maximum absolute atomic E-state index is 6.06. The quantitative estimate of drug-likeness (QED) is 0.906. The van der Waals surface area contributed by atoms with Crippen LogP contribution >= 0.6 is 23.2 Å². The molecule has 0 spiro atoms. The van der Waals surface area contributed by atoms with Crippen LogP contribution in [-0.2, 0) is 0 Å². The Labute approximate surface area is 108 Å². The first-order valence-electron chi connectivity index (χ1n) is 4.84. The molecule has 0 aliphatic rings. The van der Waals surface area contributed by atoms with E-state index in [1.807, 2.05) is 13.8 Å². The van der Waals surface area contributed by atoms with Gasteiger partial charge in [-0.1, -0.05) is 11.6 Å². The van der Waals surface area contributed by atoms with Crippen molar-refractivity contribution in [3.05, 3.63) is 21.7 Å². The smallest absolute Gasteiger partial charge is 0.256 e. The van der Waals surface area contributed by atoms with E-state index < -0.39 is 0 Å². The first kappa shape index (κ1) is 12.1. The summed E-state index contributed by atoms with van der Waals surface area (Å²) in [6.45, 7) is 3.65. The molecule has 0 amide bonds. The molecular weight excluding hydrogens is 263 g/mol. The lowest BCUT2D eigenvalue weighted by molar-refractivity contribution is 0.766. The lowest BCUT2D eigenvalue weighted by Crippen LogP contribution is -2.08. The molecule has 0 bridgehead atoms. The number of halogens is 2. The molecule has 2 aromatic heterocycles. The van der Waals surface area contributed by atoms with Crippen LogP contribution in [0.2, 0.25) is 10.3 Å². The zero-order valence-corrected chi connectivity index (χ0v) is 11.0. The normalized spacial score (nSPS) is 10.6. The van der Waals surface area contributed by atoms with Crippen LogP contribution in [0.4, 0.5) is 5.95 Å². The fourth-order valence-corrected chi connectivity index (χ4v) is 1.64. The summed E-state index contributed by atoms with van der Waals surface area (Å²) in [5.41, 5.74) is 1.47. The van der Waals surface area contributed by atoms with Gasteiger partial charge in [-0.15, -0.1) is 0 Å². The van der Waals surface area contributed by atoms with Gasteiger partial charge in [-0.25, -0.2) is 4.68 Å². The number of rotatable bonds is 2. The summed E-state index contributed by atoms with van der Waals surface area (Å²) in [4.78, 5) is 12.1. The van der Waals surface area contributed by atoms with E-state index in [4.69, 9.17) is 23.2 Å². The highest BCUT2D eigenvalue weighted by atomic mass is 35.5. The fraction of sp³-hybridized carbons (Fsp3) is 0.333. The average molecular weight is 273 g/mol. The van der Waals surface area contributed by atoms with Crippen molar-refractivity contribution in [1.29, 1.82) is 0 Å². The molecule has 0 atom stereocenters. The molecule has 0 aliphatic heterocycles. The Kier molecular flexibility index (Phi) is 3.17. The van der Waals surface area contributed by atoms with Gasteiger partial charge in [0.15, 0.2) is 0 Å². The minimum Gasteiger partial charge on any atom is -0.357 e. The maximum Gasteiger partial charge on any atom is 0.256 e. The van der Waals surface area contributed by atoms with Crippen LogP contribution in [0, 0.1) is 13.8 Å². The minimum absolute atomic E-state index is 0.100. The Morgan fingerprint density at radius 1 is 1.12 bits per heavy atom. The Morgan fingerprint density at radius 3 is 2.35 bits per heavy atom. The number of aromatic nitrogens is 5. The van der Waals surface area contributed by atoms with Gasteiger partial charge in [-0.05, 0) is 25.4 Å². The van der Waals surface area contributed by atoms with Gasteiger partial charge >= 0.3 is 0 Å². The molecule has 17 heavy (non-hydrogen) atoms. The van der Waals surface area contributed by atoms with Gasteiger partial charge in [0, 0.05) is 7.05 Å². The number of nitrogens with zero attached hydrogens (tertiary/aromatic N) is 5. The molecule has 90 valence electrons. The van der Waals surface area contributed by atoms with Crippen LogP contribution in [0.3, 0.4) is 0 Å². The van der Waals surface area contributed by atoms with E-state index in [1.165, 1.54) is 4.68 Å². The standard InChI is InChI=1S/C9H10Cl2N6/c1-4-6(10)5(2)17(16-4)9-14-7(11)13-8(12-3)15-9/h1-3H3,(H,12,13,14,15). The predicted octanol–water partition coefficient (Wildman–Crippen LogP) is 2.02. The SMILES string of the molecule is CNc1nc(Cl)nc(-n2nc(C)c(Cl)c2C)n1. The highest BCUT2D eigenvalue weighted by Crippen LogP contribution is 2.21. The van der Waals surface area contributed by atoms with Crippen molar-refractivity contribution in [2.75, 3.05) is 12.4 Å². The topological polar surface area (TPSA) is 68.5 Å².